The number of hydrogen-bond acceptors (Lipinski definition) is 3. The summed E-state index contributed by atoms with van der Waals surface area (Å²) in [6.07, 6.45) is 0.968. The maximum atomic E-state index is 5.76. The average Bonchev–Trinajstić information content (AvgIpc) is 2.34. The summed E-state index contributed by atoms with van der Waals surface area (Å²) in [5, 5.41) is 2.86. The Hall–Kier alpha value is -0.540. The van der Waals surface area contributed by atoms with Gasteiger partial charge in [-0.25, -0.2) is 0 Å². The molecular formula is C7H12N2S. The molecule has 3 heteroatoms. The van der Waals surface area contributed by atoms with Gasteiger partial charge in [0.2, 0.25) is 0 Å². The second-order valence-corrected chi connectivity index (χ2v) is 3.24. The van der Waals surface area contributed by atoms with Crippen LogP contribution in [0.3, 0.4) is 0 Å². The highest BCUT2D eigenvalue weighted by molar-refractivity contribution is 7.14. The van der Waals surface area contributed by atoms with Crippen molar-refractivity contribution < 1.29 is 0 Å². The molecule has 1 atom stereocenters. The van der Waals surface area contributed by atoms with Crippen molar-refractivity contribution in [3.05, 3.63) is 17.0 Å². The van der Waals surface area contributed by atoms with Gasteiger partial charge in [0.15, 0.2) is 0 Å². The lowest BCUT2D eigenvalue weighted by Gasteiger charge is -2.03. The van der Waals surface area contributed by atoms with E-state index in [-0.39, 0.29) is 6.04 Å². The monoisotopic (exact) mass is 156 g/mol. The molecule has 0 saturated carbocycles. The van der Waals surface area contributed by atoms with Gasteiger partial charge in [0, 0.05) is 6.04 Å². The van der Waals surface area contributed by atoms with Crippen molar-refractivity contribution in [1.82, 2.24) is 0 Å². The Balaban J connectivity index is 2.74. The van der Waals surface area contributed by atoms with E-state index in [2.05, 4.69) is 6.92 Å². The maximum Gasteiger partial charge on any atom is 0.0859 e. The first kappa shape index (κ1) is 7.57. The molecule has 1 heterocycles. The molecule has 4 N–H and O–H groups in total. The van der Waals surface area contributed by atoms with Crippen LogP contribution in [-0.4, -0.2) is 0 Å². The topological polar surface area (TPSA) is 52.0 Å². The van der Waals surface area contributed by atoms with E-state index in [1.165, 1.54) is 0 Å². The van der Waals surface area contributed by atoms with Crippen molar-refractivity contribution in [2.75, 3.05) is 5.73 Å². The van der Waals surface area contributed by atoms with E-state index in [1.807, 2.05) is 11.4 Å². The molecule has 0 radical (unpaired) electrons. The molecule has 1 aromatic heterocycles. The predicted octanol–water partition coefficient (Wildman–Crippen LogP) is 1.74. The van der Waals surface area contributed by atoms with E-state index in [0.717, 1.165) is 17.0 Å². The predicted molar refractivity (Wildman–Crippen MR) is 46.0 cm³/mol. The Morgan fingerprint density at radius 3 is 2.80 bits per heavy atom. The van der Waals surface area contributed by atoms with Gasteiger partial charge >= 0.3 is 0 Å². The number of anilines is 1. The standard InChI is InChI=1S/C7H12N2S/c1-2-6(8)5-3-7(9)10-4-5/h3-4,6H,2,8-9H2,1H3. The number of hydrogen-bond donors (Lipinski definition) is 2. The Labute approximate surface area is 64.8 Å². The minimum atomic E-state index is 0.161. The number of nitrogens with two attached hydrogens (primary N) is 2. The highest BCUT2D eigenvalue weighted by atomic mass is 32.1. The Morgan fingerprint density at radius 2 is 2.40 bits per heavy atom. The van der Waals surface area contributed by atoms with Gasteiger partial charge in [0.1, 0.15) is 0 Å². The van der Waals surface area contributed by atoms with Crippen LogP contribution in [0.15, 0.2) is 11.4 Å². The van der Waals surface area contributed by atoms with Gasteiger partial charge in [-0.1, -0.05) is 6.92 Å². The SMILES string of the molecule is CCC(N)c1csc(N)c1. The second-order valence-electron chi connectivity index (χ2n) is 2.30. The third kappa shape index (κ3) is 1.49. The molecule has 1 unspecified atom stereocenters. The van der Waals surface area contributed by atoms with E-state index < -0.39 is 0 Å². The second kappa shape index (κ2) is 3.03. The number of nitrogen functional groups attached to an aromatic ring is 1. The van der Waals surface area contributed by atoms with Crippen LogP contribution in [0.4, 0.5) is 5.00 Å². The Kier molecular flexibility index (Phi) is 2.29. The molecule has 0 amide bonds. The Bertz CT molecular complexity index is 207. The zero-order valence-electron chi connectivity index (χ0n) is 6.00. The lowest BCUT2D eigenvalue weighted by atomic mass is 10.1. The Morgan fingerprint density at radius 1 is 1.70 bits per heavy atom. The van der Waals surface area contributed by atoms with Crippen LogP contribution in [-0.2, 0) is 0 Å². The summed E-state index contributed by atoms with van der Waals surface area (Å²) >= 11 is 1.55. The van der Waals surface area contributed by atoms with E-state index >= 15 is 0 Å². The van der Waals surface area contributed by atoms with Gasteiger partial charge < -0.3 is 11.5 Å². The van der Waals surface area contributed by atoms with Gasteiger partial charge in [-0.3, -0.25) is 0 Å². The summed E-state index contributed by atoms with van der Waals surface area (Å²) in [7, 11) is 0. The molecule has 0 aromatic carbocycles. The molecular weight excluding hydrogens is 144 g/mol. The first-order valence-electron chi connectivity index (χ1n) is 3.33. The molecule has 1 aromatic rings. The lowest BCUT2D eigenvalue weighted by Crippen LogP contribution is -2.06. The number of thiophene rings is 1. The van der Waals surface area contributed by atoms with Gasteiger partial charge in [0.25, 0.3) is 0 Å². The molecule has 10 heavy (non-hydrogen) atoms. The fourth-order valence-corrected chi connectivity index (χ4v) is 1.52. The minimum absolute atomic E-state index is 0.161. The van der Waals surface area contributed by atoms with Crippen LogP contribution in [0.1, 0.15) is 24.9 Å². The maximum absolute atomic E-state index is 5.76. The first-order chi connectivity index (χ1) is 4.74. The normalized spacial score (nSPS) is 13.4. The van der Waals surface area contributed by atoms with Crippen molar-refractivity contribution in [1.29, 1.82) is 0 Å². The third-order valence-electron chi connectivity index (χ3n) is 1.51. The number of rotatable bonds is 2. The molecule has 0 spiro atoms. The molecule has 0 aliphatic carbocycles. The zero-order chi connectivity index (χ0) is 7.56. The lowest BCUT2D eigenvalue weighted by molar-refractivity contribution is 0.702. The van der Waals surface area contributed by atoms with E-state index in [0.29, 0.717) is 0 Å². The fraction of sp³-hybridized carbons (Fsp3) is 0.429. The van der Waals surface area contributed by atoms with Crippen LogP contribution < -0.4 is 11.5 Å². The van der Waals surface area contributed by atoms with Gasteiger partial charge in [-0.2, -0.15) is 0 Å². The third-order valence-corrected chi connectivity index (χ3v) is 2.29. The van der Waals surface area contributed by atoms with Crippen LogP contribution >= 0.6 is 11.3 Å². The van der Waals surface area contributed by atoms with Gasteiger partial charge in [-0.15, -0.1) is 11.3 Å². The summed E-state index contributed by atoms with van der Waals surface area (Å²) in [5.41, 5.74) is 12.5. The van der Waals surface area contributed by atoms with Crippen LogP contribution in [0.2, 0.25) is 0 Å². The zero-order valence-corrected chi connectivity index (χ0v) is 6.82. The highest BCUT2D eigenvalue weighted by Gasteiger charge is 2.03. The molecule has 0 saturated heterocycles. The van der Waals surface area contributed by atoms with Crippen molar-refractivity contribution in [2.24, 2.45) is 5.73 Å². The van der Waals surface area contributed by atoms with Crippen molar-refractivity contribution in [3.63, 3.8) is 0 Å². The minimum Gasteiger partial charge on any atom is -0.391 e. The molecule has 0 aliphatic rings. The summed E-state index contributed by atoms with van der Waals surface area (Å²) in [6.45, 7) is 2.07. The largest absolute Gasteiger partial charge is 0.391 e. The van der Waals surface area contributed by atoms with E-state index in [4.69, 9.17) is 11.5 Å². The first-order valence-corrected chi connectivity index (χ1v) is 4.21. The fourth-order valence-electron chi connectivity index (χ4n) is 0.799. The molecule has 0 fully saturated rings. The quantitative estimate of drug-likeness (QED) is 0.685. The van der Waals surface area contributed by atoms with Crippen molar-refractivity contribution >= 4 is 16.3 Å². The van der Waals surface area contributed by atoms with Gasteiger partial charge in [0.05, 0.1) is 5.00 Å². The van der Waals surface area contributed by atoms with Crippen molar-refractivity contribution in [3.8, 4) is 0 Å². The summed E-state index contributed by atoms with van der Waals surface area (Å²) in [5.74, 6) is 0. The molecule has 2 nitrogen and oxygen atoms in total. The smallest absolute Gasteiger partial charge is 0.0859 e. The summed E-state index contributed by atoms with van der Waals surface area (Å²) < 4.78 is 0. The molecule has 56 valence electrons. The highest BCUT2D eigenvalue weighted by Crippen LogP contribution is 2.22. The molecule has 1 rings (SSSR count). The van der Waals surface area contributed by atoms with Gasteiger partial charge in [-0.05, 0) is 23.4 Å². The van der Waals surface area contributed by atoms with E-state index in [1.54, 1.807) is 11.3 Å². The van der Waals surface area contributed by atoms with E-state index in [9.17, 15) is 0 Å². The summed E-state index contributed by atoms with van der Waals surface area (Å²) in [4.78, 5) is 0. The van der Waals surface area contributed by atoms with Crippen LogP contribution in [0, 0.1) is 0 Å². The summed E-state index contributed by atoms with van der Waals surface area (Å²) in [6, 6.07) is 2.10. The van der Waals surface area contributed by atoms with Crippen LogP contribution in [0.25, 0.3) is 0 Å². The van der Waals surface area contributed by atoms with Crippen molar-refractivity contribution in [2.45, 2.75) is 19.4 Å². The average molecular weight is 156 g/mol. The van der Waals surface area contributed by atoms with Crippen LogP contribution in [0.5, 0.6) is 0 Å². The molecule has 0 aliphatic heterocycles. The molecule has 0 bridgehead atoms.